The third-order valence-corrected chi connectivity index (χ3v) is 5.97. The first-order valence-electron chi connectivity index (χ1n) is 11.0. The summed E-state index contributed by atoms with van der Waals surface area (Å²) >= 11 is 0. The summed E-state index contributed by atoms with van der Waals surface area (Å²) < 4.78 is 7.67. The van der Waals surface area contributed by atoms with Crippen LogP contribution in [0.3, 0.4) is 0 Å². The van der Waals surface area contributed by atoms with E-state index in [1.54, 1.807) is 10.7 Å². The van der Waals surface area contributed by atoms with Gasteiger partial charge in [0, 0.05) is 31.4 Å². The zero-order valence-corrected chi connectivity index (χ0v) is 17.9. The van der Waals surface area contributed by atoms with Gasteiger partial charge >= 0.3 is 0 Å². The van der Waals surface area contributed by atoms with Crippen molar-refractivity contribution in [3.8, 4) is 0 Å². The monoisotopic (exact) mass is 426 g/mol. The molecule has 0 N–H and O–H groups in total. The van der Waals surface area contributed by atoms with E-state index in [1.165, 1.54) is 0 Å². The third kappa shape index (κ3) is 4.41. The van der Waals surface area contributed by atoms with Crippen LogP contribution in [-0.2, 0) is 16.0 Å². The summed E-state index contributed by atoms with van der Waals surface area (Å²) in [5.41, 5.74) is 3.83. The van der Waals surface area contributed by atoms with Crippen LogP contribution in [0.15, 0.2) is 85.2 Å². The van der Waals surface area contributed by atoms with E-state index >= 15 is 0 Å². The lowest BCUT2D eigenvalue weighted by molar-refractivity contribution is -0.132. The topological polar surface area (TPSA) is 59.7 Å². The molecule has 162 valence electrons. The second-order valence-electron chi connectivity index (χ2n) is 8.24. The fourth-order valence-corrected chi connectivity index (χ4v) is 4.41. The number of fused-ring (bicyclic) bond motifs is 1. The van der Waals surface area contributed by atoms with E-state index in [4.69, 9.17) is 4.74 Å². The average Bonchev–Trinajstić information content (AvgIpc) is 3.18. The largest absolute Gasteiger partial charge is 0.379 e. The van der Waals surface area contributed by atoms with Gasteiger partial charge in [-0.2, -0.15) is 5.10 Å². The Hall–Kier alpha value is -3.51. The summed E-state index contributed by atoms with van der Waals surface area (Å²) in [4.78, 5) is 20.1. The van der Waals surface area contributed by atoms with Crippen molar-refractivity contribution in [3.05, 3.63) is 102 Å². The highest BCUT2D eigenvalue weighted by Gasteiger charge is 2.30. The first kappa shape index (κ1) is 20.4. The second kappa shape index (κ2) is 9.32. The number of hydrogen-bond donors (Lipinski definition) is 0. The number of aromatic nitrogens is 3. The van der Waals surface area contributed by atoms with Gasteiger partial charge in [0.25, 0.3) is 0 Å². The van der Waals surface area contributed by atoms with Crippen molar-refractivity contribution in [2.45, 2.75) is 12.3 Å². The van der Waals surface area contributed by atoms with E-state index < -0.39 is 0 Å². The van der Waals surface area contributed by atoms with Crippen molar-refractivity contribution in [3.63, 3.8) is 0 Å². The fourth-order valence-electron chi connectivity index (χ4n) is 4.41. The highest BCUT2D eigenvalue weighted by Crippen LogP contribution is 2.28. The van der Waals surface area contributed by atoms with E-state index in [-0.39, 0.29) is 17.7 Å². The Labute approximate surface area is 187 Å². The van der Waals surface area contributed by atoms with Crippen molar-refractivity contribution in [1.82, 2.24) is 19.5 Å². The van der Waals surface area contributed by atoms with Gasteiger partial charge in [0.2, 0.25) is 5.91 Å². The fraction of sp³-hybridized carbons (Fsp3) is 0.269. The first-order chi connectivity index (χ1) is 15.8. The Bertz CT molecular complexity index is 1140. The van der Waals surface area contributed by atoms with Crippen molar-refractivity contribution < 1.29 is 9.53 Å². The Kier molecular flexibility index (Phi) is 5.94. The van der Waals surface area contributed by atoms with Crippen molar-refractivity contribution in [2.75, 3.05) is 26.3 Å². The molecule has 1 fully saturated rings. The maximum Gasteiger partial charge on any atom is 0.234 e. The number of benzene rings is 2. The standard InChI is InChI=1S/C26H26N4O2/c31-26(25(21-7-3-1-4-8-21)22-9-5-2-6-10-22)29-15-16-32-19-20(18-29)17-23-11-12-24-27-13-14-30(24)28-23/h1-14,20,25H,15-19H2. The Morgan fingerprint density at radius 1 is 1.00 bits per heavy atom. The summed E-state index contributed by atoms with van der Waals surface area (Å²) in [6, 6.07) is 24.0. The summed E-state index contributed by atoms with van der Waals surface area (Å²) in [6.45, 7) is 2.42. The molecule has 2 aromatic heterocycles. The zero-order valence-electron chi connectivity index (χ0n) is 17.9. The number of imidazole rings is 1. The van der Waals surface area contributed by atoms with Gasteiger partial charge in [-0.15, -0.1) is 0 Å². The molecule has 6 nitrogen and oxygen atoms in total. The summed E-state index contributed by atoms with van der Waals surface area (Å²) in [6.07, 6.45) is 4.34. The number of hydrogen-bond acceptors (Lipinski definition) is 4. The number of rotatable bonds is 5. The van der Waals surface area contributed by atoms with Gasteiger partial charge in [0.05, 0.1) is 24.8 Å². The Morgan fingerprint density at radius 3 is 2.44 bits per heavy atom. The molecular formula is C26H26N4O2. The number of carbonyl (C=O) groups excluding carboxylic acids is 1. The molecule has 0 aliphatic carbocycles. The SMILES string of the molecule is O=C(C(c1ccccc1)c1ccccc1)N1CCOCC(Cc2ccc3nccn3n2)C1. The molecule has 32 heavy (non-hydrogen) atoms. The summed E-state index contributed by atoms with van der Waals surface area (Å²) in [7, 11) is 0. The Balaban J connectivity index is 1.38. The van der Waals surface area contributed by atoms with Gasteiger partial charge in [-0.1, -0.05) is 60.7 Å². The first-order valence-corrected chi connectivity index (χ1v) is 11.0. The quantitative estimate of drug-likeness (QED) is 0.489. The minimum atomic E-state index is -0.323. The highest BCUT2D eigenvalue weighted by atomic mass is 16.5. The van der Waals surface area contributed by atoms with Crippen LogP contribution in [0, 0.1) is 5.92 Å². The van der Waals surface area contributed by atoms with Crippen LogP contribution in [0.2, 0.25) is 0 Å². The van der Waals surface area contributed by atoms with Gasteiger partial charge in [0.15, 0.2) is 5.65 Å². The molecule has 1 saturated heterocycles. The van der Waals surface area contributed by atoms with Gasteiger partial charge in [0.1, 0.15) is 0 Å². The van der Waals surface area contributed by atoms with E-state index in [2.05, 4.69) is 10.1 Å². The third-order valence-electron chi connectivity index (χ3n) is 5.97. The highest BCUT2D eigenvalue weighted by molar-refractivity contribution is 5.87. The van der Waals surface area contributed by atoms with Crippen molar-refractivity contribution in [2.24, 2.45) is 5.92 Å². The van der Waals surface area contributed by atoms with Crippen molar-refractivity contribution >= 4 is 11.6 Å². The molecule has 1 aliphatic rings. The molecule has 5 rings (SSSR count). The smallest absolute Gasteiger partial charge is 0.234 e. The molecule has 2 aromatic carbocycles. The van der Waals surface area contributed by atoms with E-state index in [0.717, 1.165) is 28.9 Å². The maximum atomic E-state index is 13.8. The molecule has 0 saturated carbocycles. The van der Waals surface area contributed by atoms with Gasteiger partial charge in [-0.05, 0) is 29.7 Å². The molecule has 0 radical (unpaired) electrons. The number of carbonyl (C=O) groups is 1. The van der Waals surface area contributed by atoms with Crippen LogP contribution >= 0.6 is 0 Å². The van der Waals surface area contributed by atoms with Gasteiger partial charge in [-0.3, -0.25) is 4.79 Å². The predicted molar refractivity (Wildman–Crippen MR) is 122 cm³/mol. The van der Waals surface area contributed by atoms with E-state index in [0.29, 0.717) is 26.3 Å². The molecular weight excluding hydrogens is 400 g/mol. The molecule has 6 heteroatoms. The van der Waals surface area contributed by atoms with Crippen LogP contribution in [0.25, 0.3) is 5.65 Å². The molecule has 0 spiro atoms. The maximum absolute atomic E-state index is 13.8. The molecule has 3 heterocycles. The van der Waals surface area contributed by atoms with Crippen LogP contribution < -0.4 is 0 Å². The lowest BCUT2D eigenvalue weighted by Gasteiger charge is -2.28. The zero-order chi connectivity index (χ0) is 21.8. The van der Waals surface area contributed by atoms with Crippen LogP contribution in [0.5, 0.6) is 0 Å². The van der Waals surface area contributed by atoms with Crippen molar-refractivity contribution in [1.29, 1.82) is 0 Å². The minimum absolute atomic E-state index is 0.121. The molecule has 1 aliphatic heterocycles. The number of ether oxygens (including phenoxy) is 1. The van der Waals surface area contributed by atoms with Gasteiger partial charge in [-0.25, -0.2) is 9.50 Å². The molecule has 1 atom stereocenters. The normalized spacial score (nSPS) is 16.9. The van der Waals surface area contributed by atoms with Crippen LogP contribution in [0.4, 0.5) is 0 Å². The van der Waals surface area contributed by atoms with Crippen LogP contribution in [-0.4, -0.2) is 51.7 Å². The number of amides is 1. The second-order valence-corrected chi connectivity index (χ2v) is 8.24. The lowest BCUT2D eigenvalue weighted by Crippen LogP contribution is -2.39. The average molecular weight is 427 g/mol. The minimum Gasteiger partial charge on any atom is -0.379 e. The molecule has 1 unspecified atom stereocenters. The summed E-state index contributed by atoms with van der Waals surface area (Å²) in [5.74, 6) is -0.0189. The van der Waals surface area contributed by atoms with Crippen LogP contribution in [0.1, 0.15) is 22.7 Å². The van der Waals surface area contributed by atoms with E-state index in [9.17, 15) is 4.79 Å². The number of nitrogens with zero attached hydrogens (tertiary/aromatic N) is 4. The molecule has 1 amide bonds. The van der Waals surface area contributed by atoms with Gasteiger partial charge < -0.3 is 9.64 Å². The lowest BCUT2D eigenvalue weighted by atomic mass is 9.89. The molecule has 4 aromatic rings. The molecule has 0 bridgehead atoms. The van der Waals surface area contributed by atoms with E-state index in [1.807, 2.05) is 83.9 Å². The summed E-state index contributed by atoms with van der Waals surface area (Å²) in [5, 5.41) is 4.66. The predicted octanol–water partition coefficient (Wildman–Crippen LogP) is 3.58. The Morgan fingerprint density at radius 2 is 1.72 bits per heavy atom.